The van der Waals surface area contributed by atoms with Gasteiger partial charge >= 0.3 is 0 Å². The molecule has 0 N–H and O–H groups in total. The molecule has 4 aromatic rings. The molecule has 1 aromatic carbocycles. The SMILES string of the molecule is COc1ccn2nc(-c3ccccc3F)c(-c3ccc(=O)n(C)n3)c2c1. The average Bonchev–Trinajstić information content (AvgIpc) is 3.02. The summed E-state index contributed by atoms with van der Waals surface area (Å²) in [6, 6.07) is 13.0. The van der Waals surface area contributed by atoms with Crippen molar-refractivity contribution in [2.45, 2.75) is 0 Å². The van der Waals surface area contributed by atoms with Crippen LogP contribution in [0.15, 0.2) is 59.5 Å². The van der Waals surface area contributed by atoms with Crippen molar-refractivity contribution in [3.8, 4) is 28.3 Å². The molecule has 0 saturated heterocycles. The van der Waals surface area contributed by atoms with Crippen molar-refractivity contribution in [1.82, 2.24) is 19.4 Å². The van der Waals surface area contributed by atoms with Crippen LogP contribution < -0.4 is 10.3 Å². The number of ether oxygens (including phenoxy) is 1. The molecule has 0 saturated carbocycles. The number of hydrogen-bond donors (Lipinski definition) is 0. The fraction of sp³-hybridized carbons (Fsp3) is 0.105. The van der Waals surface area contributed by atoms with E-state index in [9.17, 15) is 9.18 Å². The summed E-state index contributed by atoms with van der Waals surface area (Å²) in [6.45, 7) is 0. The molecule has 0 aliphatic heterocycles. The van der Waals surface area contributed by atoms with Crippen molar-refractivity contribution >= 4 is 5.52 Å². The maximum Gasteiger partial charge on any atom is 0.266 e. The summed E-state index contributed by atoms with van der Waals surface area (Å²) in [5.41, 5.74) is 2.44. The highest BCUT2D eigenvalue weighted by molar-refractivity contribution is 5.91. The zero-order valence-corrected chi connectivity index (χ0v) is 14.2. The van der Waals surface area contributed by atoms with Gasteiger partial charge in [-0.1, -0.05) is 12.1 Å². The Bertz CT molecular complexity index is 1180. The second kappa shape index (κ2) is 6.11. The predicted octanol–water partition coefficient (Wildman–Crippen LogP) is 2.91. The number of methoxy groups -OCH3 is 1. The van der Waals surface area contributed by atoms with E-state index >= 15 is 0 Å². The van der Waals surface area contributed by atoms with Crippen LogP contribution in [0.1, 0.15) is 0 Å². The largest absolute Gasteiger partial charge is 0.497 e. The molecule has 0 fully saturated rings. The lowest BCUT2D eigenvalue weighted by atomic mass is 10.0. The lowest BCUT2D eigenvalue weighted by molar-refractivity contribution is 0.414. The minimum absolute atomic E-state index is 0.227. The average molecular weight is 350 g/mol. The Hall–Kier alpha value is -3.48. The van der Waals surface area contributed by atoms with Gasteiger partial charge < -0.3 is 4.74 Å². The first kappa shape index (κ1) is 16.0. The van der Waals surface area contributed by atoms with E-state index < -0.39 is 0 Å². The zero-order chi connectivity index (χ0) is 18.3. The fourth-order valence-electron chi connectivity index (χ4n) is 2.88. The van der Waals surface area contributed by atoms with Gasteiger partial charge in [-0.2, -0.15) is 10.2 Å². The molecule has 0 aliphatic rings. The van der Waals surface area contributed by atoms with E-state index in [1.807, 2.05) is 0 Å². The summed E-state index contributed by atoms with van der Waals surface area (Å²) in [4.78, 5) is 11.7. The summed E-state index contributed by atoms with van der Waals surface area (Å²) < 4.78 is 22.6. The van der Waals surface area contributed by atoms with Crippen LogP contribution in [-0.4, -0.2) is 26.5 Å². The number of hydrogen-bond acceptors (Lipinski definition) is 4. The maximum absolute atomic E-state index is 14.4. The van der Waals surface area contributed by atoms with Gasteiger partial charge in [0, 0.05) is 30.9 Å². The second-order valence-electron chi connectivity index (χ2n) is 5.78. The monoisotopic (exact) mass is 350 g/mol. The lowest BCUT2D eigenvalue weighted by Crippen LogP contribution is -2.18. The third-order valence-electron chi connectivity index (χ3n) is 4.19. The summed E-state index contributed by atoms with van der Waals surface area (Å²) in [5.74, 6) is 0.262. The van der Waals surface area contributed by atoms with Gasteiger partial charge in [-0.25, -0.2) is 13.6 Å². The molecular weight excluding hydrogens is 335 g/mol. The molecule has 3 aromatic heterocycles. The van der Waals surface area contributed by atoms with Gasteiger partial charge in [0.1, 0.15) is 17.3 Å². The van der Waals surface area contributed by atoms with Crippen LogP contribution in [-0.2, 0) is 7.05 Å². The van der Waals surface area contributed by atoms with E-state index in [1.54, 1.807) is 61.3 Å². The van der Waals surface area contributed by atoms with Gasteiger partial charge in [-0.15, -0.1) is 0 Å². The Morgan fingerprint density at radius 2 is 1.88 bits per heavy atom. The van der Waals surface area contributed by atoms with Crippen molar-refractivity contribution in [3.63, 3.8) is 0 Å². The zero-order valence-electron chi connectivity index (χ0n) is 14.2. The van der Waals surface area contributed by atoms with E-state index in [1.165, 1.54) is 16.8 Å². The van der Waals surface area contributed by atoms with E-state index in [0.717, 1.165) is 0 Å². The smallest absolute Gasteiger partial charge is 0.266 e. The predicted molar refractivity (Wildman–Crippen MR) is 95.6 cm³/mol. The van der Waals surface area contributed by atoms with Gasteiger partial charge in [-0.3, -0.25) is 4.79 Å². The molecule has 0 amide bonds. The molecule has 3 heterocycles. The van der Waals surface area contributed by atoms with Crippen LogP contribution in [0.25, 0.3) is 28.0 Å². The first-order chi connectivity index (χ1) is 12.6. The molecule has 130 valence electrons. The van der Waals surface area contributed by atoms with Crippen molar-refractivity contribution in [1.29, 1.82) is 0 Å². The number of benzene rings is 1. The van der Waals surface area contributed by atoms with Gasteiger partial charge in [-0.05, 0) is 24.3 Å². The van der Waals surface area contributed by atoms with Crippen LogP contribution in [0, 0.1) is 5.82 Å². The molecule has 6 nitrogen and oxygen atoms in total. The summed E-state index contributed by atoms with van der Waals surface area (Å²) in [5, 5.41) is 8.87. The Labute approximate surface area is 148 Å². The van der Waals surface area contributed by atoms with E-state index in [4.69, 9.17) is 4.74 Å². The highest BCUT2D eigenvalue weighted by atomic mass is 19.1. The van der Waals surface area contributed by atoms with E-state index in [-0.39, 0.29) is 11.4 Å². The number of pyridine rings is 1. The van der Waals surface area contributed by atoms with Gasteiger partial charge in [0.2, 0.25) is 0 Å². The molecular formula is C19H15FN4O2. The van der Waals surface area contributed by atoms with Crippen molar-refractivity contribution in [2.24, 2.45) is 7.05 Å². The minimum Gasteiger partial charge on any atom is -0.497 e. The third kappa shape index (κ3) is 2.54. The minimum atomic E-state index is -0.381. The maximum atomic E-state index is 14.4. The first-order valence-electron chi connectivity index (χ1n) is 7.94. The number of nitrogens with zero attached hydrogens (tertiary/aromatic N) is 4. The summed E-state index contributed by atoms with van der Waals surface area (Å²) in [7, 11) is 3.14. The molecule has 4 rings (SSSR count). The lowest BCUT2D eigenvalue weighted by Gasteiger charge is -2.06. The van der Waals surface area contributed by atoms with Crippen molar-refractivity contribution in [2.75, 3.05) is 7.11 Å². The molecule has 0 bridgehead atoms. The topological polar surface area (TPSA) is 61.4 Å². The molecule has 0 unspecified atom stereocenters. The standard InChI is InChI=1S/C19H15FN4O2/c1-23-17(25)8-7-15(21-23)18-16-11-12(26-2)9-10-24(16)22-19(18)13-5-3-4-6-14(13)20/h3-11H,1-2H3. The first-order valence-corrected chi connectivity index (χ1v) is 7.94. The number of aromatic nitrogens is 4. The number of aryl methyl sites for hydroxylation is 1. The third-order valence-corrected chi connectivity index (χ3v) is 4.19. The Morgan fingerprint density at radius 3 is 2.62 bits per heavy atom. The fourth-order valence-corrected chi connectivity index (χ4v) is 2.88. The van der Waals surface area contributed by atoms with Crippen LogP contribution in [0.4, 0.5) is 4.39 Å². The summed E-state index contributed by atoms with van der Waals surface area (Å²) in [6.07, 6.45) is 1.74. The number of fused-ring (bicyclic) bond motifs is 1. The quantitative estimate of drug-likeness (QED) is 0.570. The molecule has 26 heavy (non-hydrogen) atoms. The molecule has 0 atom stereocenters. The molecule has 0 radical (unpaired) electrons. The highest BCUT2D eigenvalue weighted by Gasteiger charge is 2.20. The van der Waals surface area contributed by atoms with E-state index in [0.29, 0.717) is 33.8 Å². The second-order valence-corrected chi connectivity index (χ2v) is 5.78. The summed E-state index contributed by atoms with van der Waals surface area (Å²) >= 11 is 0. The Kier molecular flexibility index (Phi) is 3.76. The normalized spacial score (nSPS) is 11.0. The number of halogens is 1. The molecule has 0 aliphatic carbocycles. The number of rotatable bonds is 3. The van der Waals surface area contributed by atoms with Gasteiger partial charge in [0.05, 0.1) is 23.9 Å². The molecule has 0 spiro atoms. The van der Waals surface area contributed by atoms with Crippen LogP contribution in [0.2, 0.25) is 0 Å². The van der Waals surface area contributed by atoms with Crippen LogP contribution in [0.5, 0.6) is 5.75 Å². The van der Waals surface area contributed by atoms with Crippen molar-refractivity contribution in [3.05, 3.63) is 70.9 Å². The van der Waals surface area contributed by atoms with Crippen molar-refractivity contribution < 1.29 is 9.13 Å². The van der Waals surface area contributed by atoms with Gasteiger partial charge in [0.25, 0.3) is 5.56 Å². The Morgan fingerprint density at radius 1 is 1.08 bits per heavy atom. The van der Waals surface area contributed by atoms with Crippen LogP contribution in [0.3, 0.4) is 0 Å². The Balaban J connectivity index is 2.10. The van der Waals surface area contributed by atoms with Crippen LogP contribution >= 0.6 is 0 Å². The highest BCUT2D eigenvalue weighted by Crippen LogP contribution is 2.36. The van der Waals surface area contributed by atoms with Gasteiger partial charge in [0.15, 0.2) is 0 Å². The molecule has 7 heteroatoms. The van der Waals surface area contributed by atoms with E-state index in [2.05, 4.69) is 10.2 Å².